The highest BCUT2D eigenvalue weighted by molar-refractivity contribution is 5.84. The van der Waals surface area contributed by atoms with Crippen LogP contribution in [-0.2, 0) is 11.3 Å². The Balaban J connectivity index is 0.00000142. The fourth-order valence-electron chi connectivity index (χ4n) is 4.34. The lowest BCUT2D eigenvalue weighted by molar-refractivity contribution is -0.868. The number of aryl methyl sites for hydroxylation is 2. The fourth-order valence-corrected chi connectivity index (χ4v) is 4.34. The molecular weight excluding hydrogens is 440 g/mol. The van der Waals surface area contributed by atoms with Crippen molar-refractivity contribution in [1.82, 2.24) is 19.4 Å². The van der Waals surface area contributed by atoms with Crippen molar-refractivity contribution in [2.24, 2.45) is 4.99 Å². The third kappa shape index (κ3) is 7.97. The Labute approximate surface area is 211 Å². The Kier molecular flexibility index (Phi) is 12.3. The summed E-state index contributed by atoms with van der Waals surface area (Å²) >= 11 is 0. The highest BCUT2D eigenvalue weighted by Crippen LogP contribution is 2.31. The van der Waals surface area contributed by atoms with Gasteiger partial charge in [-0.3, -0.25) is 19.1 Å². The van der Waals surface area contributed by atoms with E-state index in [0.717, 1.165) is 77.3 Å². The average molecular weight is 489 g/mol. The van der Waals surface area contributed by atoms with E-state index in [1.165, 1.54) is 11.3 Å². The first-order chi connectivity index (χ1) is 16.6. The van der Waals surface area contributed by atoms with E-state index >= 15 is 0 Å². The van der Waals surface area contributed by atoms with Gasteiger partial charge in [0.1, 0.15) is 11.4 Å². The minimum absolute atomic E-state index is 0.444. The lowest BCUT2D eigenvalue weighted by Crippen LogP contribution is -2.49. The molecule has 0 bridgehead atoms. The minimum atomic E-state index is 0.444. The monoisotopic (exact) mass is 488 g/mol. The number of fused-ring (bicyclic) bond motifs is 1. The number of benzene rings is 1. The molecule has 0 unspecified atom stereocenters. The van der Waals surface area contributed by atoms with Gasteiger partial charge in [0.15, 0.2) is 11.8 Å². The van der Waals surface area contributed by atoms with Gasteiger partial charge < -0.3 is 14.4 Å². The van der Waals surface area contributed by atoms with Crippen LogP contribution in [0.1, 0.15) is 56.6 Å². The van der Waals surface area contributed by atoms with Gasteiger partial charge in [0.25, 0.3) is 0 Å². The summed E-state index contributed by atoms with van der Waals surface area (Å²) in [5.41, 5.74) is 5.72. The van der Waals surface area contributed by atoms with E-state index in [-0.39, 0.29) is 0 Å². The Bertz CT molecular complexity index is 1020. The van der Waals surface area contributed by atoms with Crippen LogP contribution in [0.15, 0.2) is 17.1 Å². The zero-order valence-corrected chi connectivity index (χ0v) is 23.5. The van der Waals surface area contributed by atoms with E-state index < -0.39 is 0 Å². The van der Waals surface area contributed by atoms with E-state index in [1.807, 2.05) is 0 Å². The number of hydrogen-bond donors (Lipinski definition) is 1. The van der Waals surface area contributed by atoms with Gasteiger partial charge in [-0.05, 0) is 40.2 Å². The molecule has 2 rings (SSSR count). The Morgan fingerprint density at radius 2 is 1.66 bits per heavy atom. The van der Waals surface area contributed by atoms with Gasteiger partial charge in [-0.15, -0.1) is 0 Å². The molecule has 1 N–H and O–H groups in total. The summed E-state index contributed by atoms with van der Waals surface area (Å²) in [7, 11) is 8.04. The molecule has 0 saturated heterocycles. The third-order valence-electron chi connectivity index (χ3n) is 6.63. The molecule has 35 heavy (non-hydrogen) atoms. The summed E-state index contributed by atoms with van der Waals surface area (Å²) in [6.07, 6.45) is 3.61. The SMILES string of the molecule is CCCCn1c(=NCC[N+](C)(C)C)c(C=O)nc2cc(C)c([N+](CC)(CC)CC)cc21.CNC=O. The van der Waals surface area contributed by atoms with Gasteiger partial charge >= 0.3 is 0 Å². The van der Waals surface area contributed by atoms with Crippen molar-refractivity contribution in [1.29, 1.82) is 0 Å². The predicted molar refractivity (Wildman–Crippen MR) is 147 cm³/mol. The molecule has 0 spiro atoms. The summed E-state index contributed by atoms with van der Waals surface area (Å²) in [4.78, 5) is 30.7. The van der Waals surface area contributed by atoms with Crippen LogP contribution in [0.25, 0.3) is 11.0 Å². The molecular formula is C27H48N6O2+2. The standard InChI is InChI=1S/C25H43N5O.C2H5NO/c1-9-13-15-28-23-18-24(30(10-2,11-3)12-4)20(5)17-21(23)27-22(19-31)25(28)26-14-16-29(6,7)8;1-3-2-4/h17-19H,9-16H2,1-8H3;2H,1H3,(H,3,4)/q+2;. The summed E-state index contributed by atoms with van der Waals surface area (Å²) in [6.45, 7) is 16.7. The normalized spacial score (nSPS) is 12.3. The molecule has 2 aromatic rings. The zero-order chi connectivity index (χ0) is 26.6. The van der Waals surface area contributed by atoms with Crippen molar-refractivity contribution in [2.45, 2.75) is 54.0 Å². The molecule has 0 fully saturated rings. The molecule has 0 aliphatic carbocycles. The van der Waals surface area contributed by atoms with E-state index in [0.29, 0.717) is 18.6 Å². The second-order valence-corrected chi connectivity index (χ2v) is 9.97. The topological polar surface area (TPSA) is 76.3 Å². The first-order valence-electron chi connectivity index (χ1n) is 12.9. The van der Waals surface area contributed by atoms with Gasteiger partial charge in [-0.1, -0.05) is 13.3 Å². The summed E-state index contributed by atoms with van der Waals surface area (Å²) < 4.78 is 4.02. The fraction of sp³-hybridized carbons (Fsp3) is 0.630. The molecule has 1 amide bonds. The Morgan fingerprint density at radius 3 is 2.11 bits per heavy atom. The highest BCUT2D eigenvalue weighted by Gasteiger charge is 2.27. The Hall–Kier alpha value is -2.58. The number of aldehydes is 1. The maximum atomic E-state index is 12.0. The van der Waals surface area contributed by atoms with Crippen molar-refractivity contribution < 1.29 is 14.1 Å². The molecule has 196 valence electrons. The molecule has 0 atom stereocenters. The van der Waals surface area contributed by atoms with Crippen LogP contribution in [0.2, 0.25) is 0 Å². The van der Waals surface area contributed by atoms with Crippen LogP contribution in [0.3, 0.4) is 0 Å². The van der Waals surface area contributed by atoms with E-state index in [1.54, 1.807) is 7.05 Å². The summed E-state index contributed by atoms with van der Waals surface area (Å²) in [5, 5.41) is 2.25. The van der Waals surface area contributed by atoms with Gasteiger partial charge in [-0.25, -0.2) is 4.98 Å². The lowest BCUT2D eigenvalue weighted by Gasteiger charge is -2.36. The van der Waals surface area contributed by atoms with Crippen LogP contribution in [0.5, 0.6) is 0 Å². The van der Waals surface area contributed by atoms with E-state index in [9.17, 15) is 4.79 Å². The van der Waals surface area contributed by atoms with Gasteiger partial charge in [0, 0.05) is 25.2 Å². The maximum Gasteiger partial charge on any atom is 0.206 e. The number of hydrogen-bond acceptors (Lipinski definition) is 4. The van der Waals surface area contributed by atoms with Crippen LogP contribution in [0.4, 0.5) is 5.69 Å². The number of aromatic nitrogens is 2. The quantitative estimate of drug-likeness (QED) is 0.368. The highest BCUT2D eigenvalue weighted by atomic mass is 16.1. The molecule has 0 saturated carbocycles. The number of unbranched alkanes of at least 4 members (excludes halogenated alkanes) is 1. The summed E-state index contributed by atoms with van der Waals surface area (Å²) in [5.74, 6) is 0. The number of carbonyl (C=O) groups excluding carboxylic acids is 2. The molecule has 1 aromatic heterocycles. The third-order valence-corrected chi connectivity index (χ3v) is 6.63. The number of nitrogens with zero attached hydrogens (tertiary/aromatic N) is 5. The summed E-state index contributed by atoms with van der Waals surface area (Å²) in [6, 6.07) is 4.47. The molecule has 1 aromatic carbocycles. The van der Waals surface area contributed by atoms with Crippen LogP contribution >= 0.6 is 0 Å². The first kappa shape index (κ1) is 30.5. The van der Waals surface area contributed by atoms with Crippen molar-refractivity contribution in [3.05, 3.63) is 28.9 Å². The second-order valence-electron chi connectivity index (χ2n) is 9.97. The smallest absolute Gasteiger partial charge is 0.206 e. The largest absolute Gasteiger partial charge is 0.362 e. The van der Waals surface area contributed by atoms with Gasteiger partial charge in [-0.2, -0.15) is 0 Å². The number of carbonyl (C=O) groups is 2. The molecule has 0 aliphatic rings. The van der Waals surface area contributed by atoms with Crippen LogP contribution in [-0.4, -0.2) is 87.6 Å². The van der Waals surface area contributed by atoms with E-state index in [2.05, 4.69) is 77.8 Å². The number of nitrogens with one attached hydrogen (secondary N) is 1. The van der Waals surface area contributed by atoms with E-state index in [4.69, 9.17) is 14.8 Å². The van der Waals surface area contributed by atoms with Crippen LogP contribution in [0, 0.1) is 6.92 Å². The lowest BCUT2D eigenvalue weighted by atomic mass is 10.1. The number of rotatable bonds is 12. The van der Waals surface area contributed by atoms with Gasteiger partial charge in [0.05, 0.1) is 64.9 Å². The Morgan fingerprint density at radius 1 is 1.06 bits per heavy atom. The van der Waals surface area contributed by atoms with Gasteiger partial charge in [0.2, 0.25) is 6.41 Å². The minimum Gasteiger partial charge on any atom is -0.362 e. The first-order valence-corrected chi connectivity index (χ1v) is 12.9. The zero-order valence-electron chi connectivity index (χ0n) is 23.5. The number of likely N-dealkylation sites (N-methyl/N-ethyl adjacent to an activating group) is 1. The molecule has 8 heteroatoms. The predicted octanol–water partition coefficient (Wildman–Crippen LogP) is 3.29. The number of amides is 1. The second kappa shape index (κ2) is 14.1. The number of quaternary nitrogens is 2. The van der Waals surface area contributed by atoms with Crippen molar-refractivity contribution >= 4 is 29.4 Å². The van der Waals surface area contributed by atoms with Crippen molar-refractivity contribution in [3.8, 4) is 0 Å². The average Bonchev–Trinajstić information content (AvgIpc) is 2.84. The molecule has 8 nitrogen and oxygen atoms in total. The maximum absolute atomic E-state index is 12.0. The van der Waals surface area contributed by atoms with Crippen molar-refractivity contribution in [2.75, 3.05) is 60.9 Å². The molecule has 1 heterocycles. The molecule has 0 aliphatic heterocycles. The van der Waals surface area contributed by atoms with Crippen LogP contribution < -0.4 is 15.3 Å². The molecule has 0 radical (unpaired) electrons. The van der Waals surface area contributed by atoms with Crippen molar-refractivity contribution in [3.63, 3.8) is 0 Å².